The van der Waals surface area contributed by atoms with Crippen molar-refractivity contribution in [3.63, 3.8) is 0 Å². The van der Waals surface area contributed by atoms with Crippen LogP contribution >= 0.6 is 11.3 Å². The lowest BCUT2D eigenvalue weighted by molar-refractivity contribution is 0.578. The second kappa shape index (κ2) is 4.93. The Morgan fingerprint density at radius 1 is 1.47 bits per heavy atom. The van der Waals surface area contributed by atoms with Gasteiger partial charge in [-0.15, -0.1) is 21.5 Å². The summed E-state index contributed by atoms with van der Waals surface area (Å²) in [6.07, 6.45) is 0.768. The second-order valence-corrected chi connectivity index (χ2v) is 5.42. The molecule has 0 bridgehead atoms. The lowest BCUT2D eigenvalue weighted by Crippen LogP contribution is -2.18. The minimum absolute atomic E-state index is 0.261. The Hall–Kier alpha value is -1.27. The van der Waals surface area contributed by atoms with Crippen LogP contribution in [0.15, 0.2) is 6.07 Å². The van der Waals surface area contributed by atoms with Crippen molar-refractivity contribution in [1.29, 1.82) is 0 Å². The number of aromatic nitrogens is 4. The van der Waals surface area contributed by atoms with E-state index in [9.17, 15) is 0 Å². The van der Waals surface area contributed by atoms with Crippen LogP contribution in [0.25, 0.3) is 0 Å². The molecule has 0 saturated heterocycles. The van der Waals surface area contributed by atoms with Gasteiger partial charge >= 0.3 is 0 Å². The summed E-state index contributed by atoms with van der Waals surface area (Å²) in [5.41, 5.74) is 1.34. The number of tetrazole rings is 1. The first-order chi connectivity index (χ1) is 8.10. The molecule has 2 rings (SSSR count). The Bertz CT molecular complexity index is 482. The van der Waals surface area contributed by atoms with Gasteiger partial charge in [-0.05, 0) is 37.7 Å². The van der Waals surface area contributed by atoms with E-state index < -0.39 is 0 Å². The van der Waals surface area contributed by atoms with Crippen molar-refractivity contribution < 1.29 is 0 Å². The molecule has 2 heterocycles. The van der Waals surface area contributed by atoms with E-state index in [4.69, 9.17) is 0 Å². The fraction of sp³-hybridized carbons (Fsp3) is 0.545. The van der Waals surface area contributed by atoms with Gasteiger partial charge in [-0.25, -0.2) is 0 Å². The number of hydrogen-bond donors (Lipinski definition) is 1. The van der Waals surface area contributed by atoms with Gasteiger partial charge in [-0.1, -0.05) is 0 Å². The Labute approximate surface area is 105 Å². The van der Waals surface area contributed by atoms with Gasteiger partial charge < -0.3 is 5.32 Å². The highest BCUT2D eigenvalue weighted by atomic mass is 32.1. The topological polar surface area (TPSA) is 55.6 Å². The molecule has 1 atom stereocenters. The Kier molecular flexibility index (Phi) is 3.54. The van der Waals surface area contributed by atoms with Crippen LogP contribution in [0, 0.1) is 13.8 Å². The van der Waals surface area contributed by atoms with E-state index in [0.29, 0.717) is 0 Å². The number of aryl methyl sites for hydroxylation is 3. The molecule has 0 aromatic carbocycles. The Morgan fingerprint density at radius 2 is 2.24 bits per heavy atom. The van der Waals surface area contributed by atoms with Crippen LogP contribution in [0.5, 0.6) is 0 Å². The van der Waals surface area contributed by atoms with E-state index in [2.05, 4.69) is 40.6 Å². The van der Waals surface area contributed by atoms with Crippen LogP contribution in [0.3, 0.4) is 0 Å². The number of rotatable bonds is 4. The van der Waals surface area contributed by atoms with E-state index in [1.54, 1.807) is 7.05 Å². The van der Waals surface area contributed by atoms with Crippen LogP contribution in [-0.4, -0.2) is 27.3 Å². The van der Waals surface area contributed by atoms with Gasteiger partial charge in [0.2, 0.25) is 0 Å². The largest absolute Gasteiger partial charge is 0.312 e. The summed E-state index contributed by atoms with van der Waals surface area (Å²) in [5, 5.41) is 15.4. The van der Waals surface area contributed by atoms with Crippen molar-refractivity contribution in [3.8, 4) is 0 Å². The molecule has 0 aliphatic heterocycles. The normalized spacial score (nSPS) is 12.9. The first kappa shape index (κ1) is 12.2. The van der Waals surface area contributed by atoms with Crippen LogP contribution in [0.2, 0.25) is 0 Å². The quantitative estimate of drug-likeness (QED) is 0.892. The summed E-state index contributed by atoms with van der Waals surface area (Å²) in [6.45, 7) is 4.29. The summed E-state index contributed by atoms with van der Waals surface area (Å²) < 4.78 is 0. The van der Waals surface area contributed by atoms with Gasteiger partial charge in [0.15, 0.2) is 5.82 Å². The van der Waals surface area contributed by atoms with Gasteiger partial charge in [0.05, 0.1) is 7.05 Å². The fourth-order valence-electron chi connectivity index (χ4n) is 1.71. The first-order valence-corrected chi connectivity index (χ1v) is 6.39. The molecule has 5 nitrogen and oxygen atoms in total. The third-order valence-electron chi connectivity index (χ3n) is 2.81. The second-order valence-electron chi connectivity index (χ2n) is 4.13. The maximum Gasteiger partial charge on any atom is 0.176 e. The van der Waals surface area contributed by atoms with Crippen molar-refractivity contribution in [3.05, 3.63) is 27.2 Å². The van der Waals surface area contributed by atoms with E-state index in [1.807, 2.05) is 18.4 Å². The zero-order chi connectivity index (χ0) is 12.4. The number of hydrogen-bond acceptors (Lipinski definition) is 5. The number of nitrogens with one attached hydrogen (secondary N) is 1. The highest BCUT2D eigenvalue weighted by Crippen LogP contribution is 2.27. The lowest BCUT2D eigenvalue weighted by Gasteiger charge is -2.11. The number of nitrogens with zero attached hydrogens (tertiary/aromatic N) is 4. The zero-order valence-electron chi connectivity index (χ0n) is 10.6. The van der Waals surface area contributed by atoms with E-state index in [0.717, 1.165) is 12.2 Å². The number of likely N-dealkylation sites (N-methyl/N-ethyl adjacent to an activating group) is 1. The maximum absolute atomic E-state index is 4.21. The average Bonchev–Trinajstić information content (AvgIpc) is 2.83. The summed E-state index contributed by atoms with van der Waals surface area (Å²) >= 11 is 1.83. The summed E-state index contributed by atoms with van der Waals surface area (Å²) in [6, 6.07) is 2.49. The zero-order valence-corrected chi connectivity index (χ0v) is 11.4. The highest BCUT2D eigenvalue weighted by molar-refractivity contribution is 7.12. The molecule has 92 valence electrons. The molecule has 0 aliphatic rings. The fourth-order valence-corrected chi connectivity index (χ4v) is 2.86. The Morgan fingerprint density at radius 3 is 2.71 bits per heavy atom. The van der Waals surface area contributed by atoms with E-state index >= 15 is 0 Å². The predicted molar refractivity (Wildman–Crippen MR) is 68.1 cm³/mol. The molecule has 1 N–H and O–H groups in total. The lowest BCUT2D eigenvalue weighted by atomic mass is 10.1. The van der Waals surface area contributed by atoms with Crippen molar-refractivity contribution in [1.82, 2.24) is 25.5 Å². The monoisotopic (exact) mass is 251 g/mol. The summed E-state index contributed by atoms with van der Waals surface area (Å²) in [7, 11) is 3.75. The molecule has 6 heteroatoms. The van der Waals surface area contributed by atoms with E-state index in [1.165, 1.54) is 20.1 Å². The first-order valence-electron chi connectivity index (χ1n) is 5.57. The van der Waals surface area contributed by atoms with Gasteiger partial charge in [0.1, 0.15) is 0 Å². The molecule has 1 unspecified atom stereocenters. The predicted octanol–water partition coefficient (Wildman–Crippen LogP) is 1.39. The molecule has 0 saturated carbocycles. The molecule has 2 aromatic rings. The van der Waals surface area contributed by atoms with Crippen LogP contribution < -0.4 is 5.32 Å². The molecule has 2 aromatic heterocycles. The van der Waals surface area contributed by atoms with Crippen LogP contribution in [0.4, 0.5) is 0 Å². The van der Waals surface area contributed by atoms with Gasteiger partial charge in [0.25, 0.3) is 0 Å². The molecule has 0 fully saturated rings. The van der Waals surface area contributed by atoms with Gasteiger partial charge in [0, 0.05) is 22.2 Å². The van der Waals surface area contributed by atoms with Gasteiger partial charge in [-0.3, -0.25) is 0 Å². The third kappa shape index (κ3) is 2.70. The molecule has 17 heavy (non-hydrogen) atoms. The van der Waals surface area contributed by atoms with Crippen molar-refractivity contribution in [2.75, 3.05) is 7.05 Å². The molecule has 0 amide bonds. The minimum atomic E-state index is 0.261. The molecular weight excluding hydrogens is 234 g/mol. The van der Waals surface area contributed by atoms with Crippen LogP contribution in [0.1, 0.15) is 27.2 Å². The van der Waals surface area contributed by atoms with Crippen molar-refractivity contribution >= 4 is 11.3 Å². The standard InChI is InChI=1S/C11H17N5S/c1-7-5-10(17-8(7)2)9(12-3)6-11-13-15-16(4)14-11/h5,9,12H,6H2,1-4H3. The smallest absolute Gasteiger partial charge is 0.176 e. The highest BCUT2D eigenvalue weighted by Gasteiger charge is 2.16. The average molecular weight is 251 g/mol. The maximum atomic E-state index is 4.21. The SMILES string of the molecule is CNC(Cc1nnn(C)n1)c1cc(C)c(C)s1. The molecule has 0 spiro atoms. The van der Waals surface area contributed by atoms with Crippen molar-refractivity contribution in [2.45, 2.75) is 26.3 Å². The molecule has 0 radical (unpaired) electrons. The van der Waals surface area contributed by atoms with Crippen molar-refractivity contribution in [2.24, 2.45) is 7.05 Å². The number of thiophene rings is 1. The molecular formula is C11H17N5S. The molecule has 0 aliphatic carbocycles. The summed E-state index contributed by atoms with van der Waals surface area (Å²) in [4.78, 5) is 4.19. The third-order valence-corrected chi connectivity index (χ3v) is 4.08. The summed E-state index contributed by atoms with van der Waals surface area (Å²) in [5.74, 6) is 0.774. The van der Waals surface area contributed by atoms with E-state index in [-0.39, 0.29) is 6.04 Å². The minimum Gasteiger partial charge on any atom is -0.312 e. The van der Waals surface area contributed by atoms with Crippen LogP contribution in [-0.2, 0) is 13.5 Å². The Balaban J connectivity index is 2.16. The van der Waals surface area contributed by atoms with Gasteiger partial charge in [-0.2, -0.15) is 4.80 Å².